The van der Waals surface area contributed by atoms with Gasteiger partial charge in [0.05, 0.1) is 17.1 Å². The number of pyridine rings is 1. The summed E-state index contributed by atoms with van der Waals surface area (Å²) in [7, 11) is 0. The van der Waals surface area contributed by atoms with Crippen molar-refractivity contribution in [3.05, 3.63) is 77.2 Å². The van der Waals surface area contributed by atoms with Crippen molar-refractivity contribution >= 4 is 29.1 Å². The number of benzene rings is 1. The number of fused-ring (bicyclic) bond motifs is 1. The number of nitrogens with zero attached hydrogens (tertiary/aromatic N) is 4. The number of nitrogens with one attached hydrogen (secondary N) is 1. The monoisotopic (exact) mass is 363 g/mol. The first-order valence-corrected chi connectivity index (χ1v) is 8.33. The maximum Gasteiger partial charge on any atom is 0.258 e. The standard InChI is InChI=1S/C19H14ClN5O/c1-12-17(25-11-3-2-4-16(25)22-12)15-9-10-21-19(23-15)24-18(26)13-5-7-14(20)8-6-13/h2-11H,1H3,(H,21,23,24,26). The first-order chi connectivity index (χ1) is 12.6. The van der Waals surface area contributed by atoms with Crippen LogP contribution in [0, 0.1) is 6.92 Å². The number of anilines is 1. The highest BCUT2D eigenvalue weighted by Crippen LogP contribution is 2.23. The molecule has 0 aliphatic rings. The predicted octanol–water partition coefficient (Wildman–Crippen LogP) is 4.01. The number of carbonyl (C=O) groups is 1. The Hall–Kier alpha value is -3.25. The molecule has 128 valence electrons. The van der Waals surface area contributed by atoms with E-state index in [1.807, 2.05) is 35.7 Å². The van der Waals surface area contributed by atoms with E-state index in [4.69, 9.17) is 11.6 Å². The molecule has 7 heteroatoms. The third kappa shape index (κ3) is 3.02. The Morgan fingerprint density at radius 1 is 1.08 bits per heavy atom. The molecule has 0 fully saturated rings. The Bertz CT molecular complexity index is 1100. The van der Waals surface area contributed by atoms with Crippen LogP contribution in [0.2, 0.25) is 5.02 Å². The molecule has 26 heavy (non-hydrogen) atoms. The molecule has 0 atom stereocenters. The summed E-state index contributed by atoms with van der Waals surface area (Å²) in [4.78, 5) is 25.5. The van der Waals surface area contributed by atoms with Crippen LogP contribution >= 0.6 is 11.6 Å². The van der Waals surface area contributed by atoms with Crippen LogP contribution in [0.4, 0.5) is 5.95 Å². The fourth-order valence-electron chi connectivity index (χ4n) is 2.75. The normalized spacial score (nSPS) is 10.8. The molecule has 0 aliphatic heterocycles. The highest BCUT2D eigenvalue weighted by Gasteiger charge is 2.14. The van der Waals surface area contributed by atoms with E-state index in [0.29, 0.717) is 16.3 Å². The molecule has 0 radical (unpaired) electrons. The fraction of sp³-hybridized carbons (Fsp3) is 0.0526. The highest BCUT2D eigenvalue weighted by atomic mass is 35.5. The SMILES string of the molecule is Cc1nc2ccccn2c1-c1ccnc(NC(=O)c2ccc(Cl)cc2)n1. The first kappa shape index (κ1) is 16.2. The number of hydrogen-bond donors (Lipinski definition) is 1. The summed E-state index contributed by atoms with van der Waals surface area (Å²) in [6.45, 7) is 1.93. The van der Waals surface area contributed by atoms with Crippen LogP contribution in [-0.2, 0) is 0 Å². The number of carbonyl (C=O) groups excluding carboxylic acids is 1. The lowest BCUT2D eigenvalue weighted by Gasteiger charge is -2.07. The highest BCUT2D eigenvalue weighted by molar-refractivity contribution is 6.30. The van der Waals surface area contributed by atoms with Crippen molar-refractivity contribution in [2.75, 3.05) is 5.32 Å². The van der Waals surface area contributed by atoms with Gasteiger partial charge >= 0.3 is 0 Å². The molecule has 0 spiro atoms. The Kier molecular flexibility index (Phi) is 4.10. The number of halogens is 1. The van der Waals surface area contributed by atoms with Gasteiger partial charge in [-0.1, -0.05) is 17.7 Å². The van der Waals surface area contributed by atoms with Gasteiger partial charge < -0.3 is 0 Å². The predicted molar refractivity (Wildman–Crippen MR) is 100 cm³/mol. The van der Waals surface area contributed by atoms with Crippen molar-refractivity contribution in [3.8, 4) is 11.4 Å². The average Bonchev–Trinajstić information content (AvgIpc) is 2.98. The first-order valence-electron chi connectivity index (χ1n) is 7.96. The van der Waals surface area contributed by atoms with Gasteiger partial charge in [0, 0.05) is 23.0 Å². The molecule has 1 aromatic carbocycles. The average molecular weight is 364 g/mol. The lowest BCUT2D eigenvalue weighted by atomic mass is 10.2. The Balaban J connectivity index is 1.67. The van der Waals surface area contributed by atoms with Gasteiger partial charge in [-0.15, -0.1) is 0 Å². The molecule has 1 amide bonds. The maximum absolute atomic E-state index is 12.4. The van der Waals surface area contributed by atoms with Crippen LogP contribution < -0.4 is 5.32 Å². The summed E-state index contributed by atoms with van der Waals surface area (Å²) in [6.07, 6.45) is 3.54. The summed E-state index contributed by atoms with van der Waals surface area (Å²) < 4.78 is 1.96. The lowest BCUT2D eigenvalue weighted by Crippen LogP contribution is -2.14. The molecule has 3 aromatic heterocycles. The van der Waals surface area contributed by atoms with Gasteiger partial charge in [-0.25, -0.2) is 15.0 Å². The molecular weight excluding hydrogens is 350 g/mol. The van der Waals surface area contributed by atoms with E-state index in [1.165, 1.54) is 0 Å². The summed E-state index contributed by atoms with van der Waals surface area (Å²) in [6, 6.07) is 14.2. The van der Waals surface area contributed by atoms with Crippen molar-refractivity contribution < 1.29 is 4.79 Å². The van der Waals surface area contributed by atoms with E-state index in [-0.39, 0.29) is 11.9 Å². The minimum atomic E-state index is -0.298. The molecule has 0 bridgehead atoms. The fourth-order valence-corrected chi connectivity index (χ4v) is 2.87. The Labute approximate surface area is 154 Å². The summed E-state index contributed by atoms with van der Waals surface area (Å²) >= 11 is 5.85. The van der Waals surface area contributed by atoms with Gasteiger partial charge in [0.25, 0.3) is 5.91 Å². The number of hydrogen-bond acceptors (Lipinski definition) is 4. The second-order valence-electron chi connectivity index (χ2n) is 5.70. The number of aromatic nitrogens is 4. The maximum atomic E-state index is 12.4. The molecule has 0 aliphatic carbocycles. The van der Waals surface area contributed by atoms with E-state index in [0.717, 1.165) is 17.0 Å². The van der Waals surface area contributed by atoms with Crippen LogP contribution in [0.5, 0.6) is 0 Å². The van der Waals surface area contributed by atoms with E-state index in [1.54, 1.807) is 36.5 Å². The van der Waals surface area contributed by atoms with Gasteiger partial charge in [-0.05, 0) is 49.4 Å². The number of aryl methyl sites for hydroxylation is 1. The zero-order valence-electron chi connectivity index (χ0n) is 13.8. The van der Waals surface area contributed by atoms with E-state index < -0.39 is 0 Å². The lowest BCUT2D eigenvalue weighted by molar-refractivity contribution is 0.102. The van der Waals surface area contributed by atoms with Crippen molar-refractivity contribution in [1.29, 1.82) is 0 Å². The van der Waals surface area contributed by atoms with Crippen molar-refractivity contribution in [3.63, 3.8) is 0 Å². The number of imidazole rings is 1. The van der Waals surface area contributed by atoms with Crippen molar-refractivity contribution in [2.45, 2.75) is 6.92 Å². The molecule has 4 aromatic rings. The number of amides is 1. The third-order valence-corrected chi connectivity index (χ3v) is 4.19. The minimum Gasteiger partial charge on any atom is -0.298 e. The van der Waals surface area contributed by atoms with E-state index >= 15 is 0 Å². The van der Waals surface area contributed by atoms with Gasteiger partial charge in [0.15, 0.2) is 0 Å². The zero-order valence-corrected chi connectivity index (χ0v) is 14.6. The third-order valence-electron chi connectivity index (χ3n) is 3.93. The molecular formula is C19H14ClN5O. The van der Waals surface area contributed by atoms with Gasteiger partial charge in [-0.3, -0.25) is 14.5 Å². The second-order valence-corrected chi connectivity index (χ2v) is 6.14. The van der Waals surface area contributed by atoms with Gasteiger partial charge in [0.2, 0.25) is 5.95 Å². The second kappa shape index (κ2) is 6.57. The van der Waals surface area contributed by atoms with Crippen molar-refractivity contribution in [1.82, 2.24) is 19.4 Å². The summed E-state index contributed by atoms with van der Waals surface area (Å²) in [5.74, 6) is -0.0681. The van der Waals surface area contributed by atoms with Crippen LogP contribution in [0.15, 0.2) is 60.9 Å². The minimum absolute atomic E-state index is 0.229. The topological polar surface area (TPSA) is 72.2 Å². The molecule has 1 N–H and O–H groups in total. The Morgan fingerprint density at radius 2 is 1.88 bits per heavy atom. The van der Waals surface area contributed by atoms with E-state index in [9.17, 15) is 4.79 Å². The van der Waals surface area contributed by atoms with Crippen molar-refractivity contribution in [2.24, 2.45) is 0 Å². The largest absolute Gasteiger partial charge is 0.298 e. The van der Waals surface area contributed by atoms with Gasteiger partial charge in [0.1, 0.15) is 5.65 Å². The zero-order chi connectivity index (χ0) is 18.1. The number of rotatable bonds is 3. The van der Waals surface area contributed by atoms with Gasteiger partial charge in [-0.2, -0.15) is 0 Å². The van der Waals surface area contributed by atoms with E-state index in [2.05, 4.69) is 20.3 Å². The molecule has 6 nitrogen and oxygen atoms in total. The molecule has 3 heterocycles. The summed E-state index contributed by atoms with van der Waals surface area (Å²) in [5.41, 5.74) is 3.72. The Morgan fingerprint density at radius 3 is 2.69 bits per heavy atom. The quantitative estimate of drug-likeness (QED) is 0.597. The van der Waals surface area contributed by atoms with Crippen LogP contribution in [0.3, 0.4) is 0 Å². The van der Waals surface area contributed by atoms with Crippen LogP contribution in [0.1, 0.15) is 16.1 Å². The smallest absolute Gasteiger partial charge is 0.258 e. The van der Waals surface area contributed by atoms with Crippen LogP contribution in [-0.4, -0.2) is 25.3 Å². The summed E-state index contributed by atoms with van der Waals surface area (Å²) in [5, 5.41) is 3.29. The molecule has 0 saturated carbocycles. The molecule has 0 saturated heterocycles. The molecule has 4 rings (SSSR count). The van der Waals surface area contributed by atoms with Crippen LogP contribution in [0.25, 0.3) is 17.0 Å². The molecule has 0 unspecified atom stereocenters.